The molecule has 4 atom stereocenters. The van der Waals surface area contributed by atoms with Gasteiger partial charge in [0, 0.05) is 35.9 Å². The molecule has 2 unspecified atom stereocenters. The van der Waals surface area contributed by atoms with E-state index in [-0.39, 0.29) is 29.3 Å². The van der Waals surface area contributed by atoms with Gasteiger partial charge in [0.1, 0.15) is 5.75 Å². The number of Topliss-reactive ketones (excluding diaryl/α,β-unsaturated/α-hetero) is 1. The predicted molar refractivity (Wildman–Crippen MR) is 91.6 cm³/mol. The van der Waals surface area contributed by atoms with Crippen LogP contribution in [0.5, 0.6) is 5.75 Å². The van der Waals surface area contributed by atoms with Crippen LogP contribution in [0.15, 0.2) is 12.1 Å². The summed E-state index contributed by atoms with van der Waals surface area (Å²) in [6.07, 6.45) is 5.11. The average molecular weight is 337 g/mol. The summed E-state index contributed by atoms with van der Waals surface area (Å²) in [7, 11) is 0. The van der Waals surface area contributed by atoms with Crippen LogP contribution in [-0.2, 0) is 21.4 Å². The molecule has 0 N–H and O–H groups in total. The van der Waals surface area contributed by atoms with E-state index in [1.807, 2.05) is 0 Å². The lowest BCUT2D eigenvalue weighted by Gasteiger charge is -2.57. The maximum Gasteiger partial charge on any atom is 0.225 e. The zero-order chi connectivity index (χ0) is 16.9. The van der Waals surface area contributed by atoms with Crippen LogP contribution in [0.3, 0.4) is 0 Å². The Hall–Kier alpha value is -1.84. The number of aryl methyl sites for hydroxylation is 1. The van der Waals surface area contributed by atoms with E-state index < -0.39 is 0 Å². The van der Waals surface area contributed by atoms with Gasteiger partial charge in [-0.3, -0.25) is 9.59 Å². The first kappa shape index (κ1) is 14.3. The highest BCUT2D eigenvalue weighted by atomic mass is 16.5. The van der Waals surface area contributed by atoms with Crippen LogP contribution in [0.4, 0.5) is 0 Å². The standard InChI is InChI=1S/C21H23NO3/c1-11-2-3-13-10-15-14-6-7-16(23)19-21(14,17(13)18(11)25-19)8-9-22(15)20(24)12-4-5-12/h2-3,12,14-15,19H,4-10H2,1H3/t14-,15+,19?,21?/m1/s1. The monoisotopic (exact) mass is 337 g/mol. The van der Waals surface area contributed by atoms with Gasteiger partial charge in [-0.25, -0.2) is 0 Å². The average Bonchev–Trinajstić information content (AvgIpc) is 3.38. The first-order valence-corrected chi connectivity index (χ1v) is 9.74. The van der Waals surface area contributed by atoms with Crippen LogP contribution >= 0.6 is 0 Å². The summed E-state index contributed by atoms with van der Waals surface area (Å²) in [4.78, 5) is 27.8. The molecule has 1 amide bonds. The fourth-order valence-electron chi connectivity index (χ4n) is 6.32. The van der Waals surface area contributed by atoms with E-state index in [9.17, 15) is 9.59 Å². The number of amides is 1. The van der Waals surface area contributed by atoms with Crippen molar-refractivity contribution < 1.29 is 14.3 Å². The van der Waals surface area contributed by atoms with Gasteiger partial charge in [-0.05, 0) is 56.1 Å². The minimum atomic E-state index is -0.318. The van der Waals surface area contributed by atoms with Crippen molar-refractivity contribution >= 4 is 11.7 Å². The Labute approximate surface area is 147 Å². The summed E-state index contributed by atoms with van der Waals surface area (Å²) >= 11 is 0. The highest BCUT2D eigenvalue weighted by molar-refractivity contribution is 5.89. The molecule has 4 nitrogen and oxygen atoms in total. The first-order chi connectivity index (χ1) is 12.1. The van der Waals surface area contributed by atoms with Crippen molar-refractivity contribution in [1.29, 1.82) is 0 Å². The molecule has 1 aromatic rings. The van der Waals surface area contributed by atoms with E-state index in [1.54, 1.807) is 0 Å². The molecule has 25 heavy (non-hydrogen) atoms. The van der Waals surface area contributed by atoms with Gasteiger partial charge in [0.15, 0.2) is 11.9 Å². The van der Waals surface area contributed by atoms with E-state index in [1.165, 1.54) is 11.1 Å². The quantitative estimate of drug-likeness (QED) is 0.791. The van der Waals surface area contributed by atoms with Crippen LogP contribution in [0.1, 0.15) is 48.8 Å². The predicted octanol–water partition coefficient (Wildman–Crippen LogP) is 2.54. The van der Waals surface area contributed by atoms with Crippen LogP contribution < -0.4 is 4.74 Å². The molecule has 1 aromatic carbocycles. The number of hydrogen-bond acceptors (Lipinski definition) is 3. The molecule has 1 saturated heterocycles. The number of nitrogens with zero attached hydrogens (tertiary/aromatic N) is 1. The third-order valence-corrected chi connectivity index (χ3v) is 7.54. The SMILES string of the molecule is Cc1ccc2c3c1OC1C(=O)CC[C@@H]4[C@H](C2)N(C(=O)C2CC2)CCC314. The molecule has 2 bridgehead atoms. The Balaban J connectivity index is 1.55. The maximum absolute atomic E-state index is 12.9. The Bertz CT molecular complexity index is 827. The van der Waals surface area contributed by atoms with Crippen LogP contribution in [-0.4, -0.2) is 35.3 Å². The minimum Gasteiger partial charge on any atom is -0.481 e. The number of carbonyl (C=O) groups excluding carboxylic acids is 2. The van der Waals surface area contributed by atoms with Crippen LogP contribution in [0.25, 0.3) is 0 Å². The Morgan fingerprint density at radius 1 is 1.28 bits per heavy atom. The van der Waals surface area contributed by atoms with Crippen molar-refractivity contribution in [3.05, 3.63) is 28.8 Å². The van der Waals surface area contributed by atoms with E-state index in [4.69, 9.17) is 4.74 Å². The number of carbonyl (C=O) groups is 2. The smallest absolute Gasteiger partial charge is 0.225 e. The molecule has 5 aliphatic rings. The van der Waals surface area contributed by atoms with E-state index in [2.05, 4.69) is 24.0 Å². The normalized spacial score (nSPS) is 37.6. The van der Waals surface area contributed by atoms with Gasteiger partial charge in [0.2, 0.25) is 5.91 Å². The molecule has 130 valence electrons. The molecule has 3 fully saturated rings. The van der Waals surface area contributed by atoms with E-state index in [0.717, 1.165) is 50.0 Å². The summed E-state index contributed by atoms with van der Waals surface area (Å²) in [5.74, 6) is 2.25. The topological polar surface area (TPSA) is 46.6 Å². The van der Waals surface area contributed by atoms with E-state index >= 15 is 0 Å². The zero-order valence-electron chi connectivity index (χ0n) is 14.6. The maximum atomic E-state index is 12.9. The fourth-order valence-corrected chi connectivity index (χ4v) is 6.32. The largest absolute Gasteiger partial charge is 0.481 e. The van der Waals surface area contributed by atoms with Gasteiger partial charge in [-0.15, -0.1) is 0 Å². The fraction of sp³-hybridized carbons (Fsp3) is 0.619. The van der Waals surface area contributed by atoms with Crippen molar-refractivity contribution in [2.24, 2.45) is 11.8 Å². The number of hydrogen-bond donors (Lipinski definition) is 0. The van der Waals surface area contributed by atoms with Gasteiger partial charge >= 0.3 is 0 Å². The second kappa shape index (κ2) is 4.46. The van der Waals surface area contributed by atoms with Gasteiger partial charge in [0.25, 0.3) is 0 Å². The van der Waals surface area contributed by atoms with E-state index in [0.29, 0.717) is 18.2 Å². The van der Waals surface area contributed by atoms with Crippen molar-refractivity contribution in [2.45, 2.75) is 63.0 Å². The van der Waals surface area contributed by atoms with Gasteiger partial charge in [0.05, 0.1) is 0 Å². The van der Waals surface area contributed by atoms with Gasteiger partial charge < -0.3 is 9.64 Å². The second-order valence-corrected chi connectivity index (χ2v) is 8.72. The molecule has 2 aliphatic heterocycles. The summed E-state index contributed by atoms with van der Waals surface area (Å²) in [6, 6.07) is 4.59. The Morgan fingerprint density at radius 3 is 2.92 bits per heavy atom. The van der Waals surface area contributed by atoms with Gasteiger partial charge in [-0.1, -0.05) is 12.1 Å². The van der Waals surface area contributed by atoms with Crippen LogP contribution in [0, 0.1) is 18.8 Å². The number of benzene rings is 1. The Morgan fingerprint density at radius 2 is 2.12 bits per heavy atom. The highest BCUT2D eigenvalue weighted by Gasteiger charge is 2.66. The summed E-state index contributed by atoms with van der Waals surface area (Å²) in [5.41, 5.74) is 3.61. The Kier molecular flexibility index (Phi) is 2.56. The molecular weight excluding hydrogens is 314 g/mol. The first-order valence-electron chi connectivity index (χ1n) is 9.74. The minimum absolute atomic E-state index is 0.171. The molecule has 3 aliphatic carbocycles. The molecule has 1 spiro atoms. The molecular formula is C21H23NO3. The number of rotatable bonds is 1. The highest BCUT2D eigenvalue weighted by Crippen LogP contribution is 2.62. The molecule has 2 heterocycles. The lowest BCUT2D eigenvalue weighted by Crippen LogP contribution is -2.67. The summed E-state index contributed by atoms with van der Waals surface area (Å²) < 4.78 is 6.32. The second-order valence-electron chi connectivity index (χ2n) is 8.72. The lowest BCUT2D eigenvalue weighted by molar-refractivity contribution is -0.149. The number of ether oxygens (including phenoxy) is 1. The number of likely N-dealkylation sites (tertiary alicyclic amines) is 1. The third-order valence-electron chi connectivity index (χ3n) is 7.54. The lowest BCUT2D eigenvalue weighted by atomic mass is 9.51. The molecule has 6 rings (SSSR count). The molecule has 4 heteroatoms. The number of ketones is 1. The van der Waals surface area contributed by atoms with Crippen molar-refractivity contribution in [3.8, 4) is 5.75 Å². The molecule has 2 saturated carbocycles. The number of piperidine rings is 1. The molecule has 0 aromatic heterocycles. The zero-order valence-corrected chi connectivity index (χ0v) is 14.6. The third kappa shape index (κ3) is 1.59. The molecule has 0 radical (unpaired) electrons. The van der Waals surface area contributed by atoms with Crippen molar-refractivity contribution in [2.75, 3.05) is 6.54 Å². The van der Waals surface area contributed by atoms with Crippen molar-refractivity contribution in [3.63, 3.8) is 0 Å². The summed E-state index contributed by atoms with van der Waals surface area (Å²) in [6.45, 7) is 2.87. The van der Waals surface area contributed by atoms with Crippen molar-refractivity contribution in [1.82, 2.24) is 4.90 Å². The van der Waals surface area contributed by atoms with Crippen LogP contribution in [0.2, 0.25) is 0 Å². The summed E-state index contributed by atoms with van der Waals surface area (Å²) in [5, 5.41) is 0. The van der Waals surface area contributed by atoms with Gasteiger partial charge in [-0.2, -0.15) is 0 Å².